The number of ether oxygens (including phenoxy) is 1. The van der Waals surface area contributed by atoms with Gasteiger partial charge >= 0.3 is 11.7 Å². The molecule has 0 amide bonds. The van der Waals surface area contributed by atoms with Crippen molar-refractivity contribution in [3.63, 3.8) is 0 Å². The summed E-state index contributed by atoms with van der Waals surface area (Å²) in [4.78, 5) is 21.1. The minimum atomic E-state index is -1.10. The van der Waals surface area contributed by atoms with Crippen molar-refractivity contribution in [3.05, 3.63) is 28.3 Å². The maximum Gasteiger partial charge on any atom is 0.327 e. The van der Waals surface area contributed by atoms with Crippen molar-refractivity contribution in [2.75, 3.05) is 12.4 Å². The van der Waals surface area contributed by atoms with Gasteiger partial charge in [0.1, 0.15) is 6.04 Å². The Hall–Kier alpha value is -2.75. The SMILES string of the molecule is C#CCC(Nc1ccc([N+](=O)[O-])c(OC)c1)C(=O)O. The van der Waals surface area contributed by atoms with Crippen LogP contribution in [0.3, 0.4) is 0 Å². The van der Waals surface area contributed by atoms with Gasteiger partial charge in [-0.3, -0.25) is 10.1 Å². The lowest BCUT2D eigenvalue weighted by molar-refractivity contribution is -0.385. The Labute approximate surface area is 109 Å². The van der Waals surface area contributed by atoms with Gasteiger partial charge in [-0.2, -0.15) is 0 Å². The zero-order valence-electron chi connectivity index (χ0n) is 10.1. The van der Waals surface area contributed by atoms with Crippen LogP contribution in [0.4, 0.5) is 11.4 Å². The first-order valence-electron chi connectivity index (χ1n) is 5.24. The molecule has 2 N–H and O–H groups in total. The number of nitrogens with zero attached hydrogens (tertiary/aromatic N) is 1. The number of hydrogen-bond acceptors (Lipinski definition) is 5. The van der Waals surface area contributed by atoms with Crippen molar-refractivity contribution >= 4 is 17.3 Å². The van der Waals surface area contributed by atoms with Gasteiger partial charge in [0.25, 0.3) is 0 Å². The van der Waals surface area contributed by atoms with Gasteiger partial charge < -0.3 is 15.2 Å². The summed E-state index contributed by atoms with van der Waals surface area (Å²) in [5.74, 6) is 1.18. The van der Waals surface area contributed by atoms with Crippen LogP contribution in [0, 0.1) is 22.5 Å². The molecule has 7 nitrogen and oxygen atoms in total. The highest BCUT2D eigenvalue weighted by Crippen LogP contribution is 2.30. The standard InChI is InChI=1S/C12H12N2O5/c1-3-4-9(12(15)16)13-8-5-6-10(14(17)18)11(7-8)19-2/h1,5-7,9,13H,4H2,2H3,(H,15,16). The second-order valence-electron chi connectivity index (χ2n) is 3.59. The molecule has 0 saturated carbocycles. The van der Waals surface area contributed by atoms with E-state index in [1.54, 1.807) is 0 Å². The lowest BCUT2D eigenvalue weighted by Gasteiger charge is -2.13. The van der Waals surface area contributed by atoms with Crippen molar-refractivity contribution in [3.8, 4) is 18.1 Å². The van der Waals surface area contributed by atoms with E-state index in [1.807, 2.05) is 0 Å². The van der Waals surface area contributed by atoms with Crippen molar-refractivity contribution in [1.29, 1.82) is 0 Å². The highest BCUT2D eigenvalue weighted by Gasteiger charge is 2.19. The van der Waals surface area contributed by atoms with Crippen LogP contribution in [-0.4, -0.2) is 29.2 Å². The summed E-state index contributed by atoms with van der Waals surface area (Å²) in [6, 6.07) is 3.02. The number of anilines is 1. The Balaban J connectivity index is 3.00. The molecule has 0 aliphatic heterocycles. The average molecular weight is 264 g/mol. The van der Waals surface area contributed by atoms with Crippen molar-refractivity contribution in [1.82, 2.24) is 0 Å². The fraction of sp³-hybridized carbons (Fsp3) is 0.250. The molecule has 100 valence electrons. The second kappa shape index (κ2) is 6.26. The van der Waals surface area contributed by atoms with Gasteiger partial charge in [-0.05, 0) is 6.07 Å². The minimum Gasteiger partial charge on any atom is -0.490 e. The third kappa shape index (κ3) is 3.61. The van der Waals surface area contributed by atoms with E-state index in [1.165, 1.54) is 25.3 Å². The van der Waals surface area contributed by atoms with E-state index in [-0.39, 0.29) is 17.9 Å². The molecule has 1 atom stereocenters. The van der Waals surface area contributed by atoms with Crippen LogP contribution in [0.15, 0.2) is 18.2 Å². The number of nitro benzene ring substituents is 1. The Kier molecular flexibility index (Phi) is 4.71. The third-order valence-corrected chi connectivity index (χ3v) is 2.34. The molecule has 0 heterocycles. The van der Waals surface area contributed by atoms with Crippen LogP contribution in [0.1, 0.15) is 6.42 Å². The van der Waals surface area contributed by atoms with Gasteiger partial charge in [-0.15, -0.1) is 12.3 Å². The van der Waals surface area contributed by atoms with E-state index in [0.29, 0.717) is 5.69 Å². The quantitative estimate of drug-likeness (QED) is 0.458. The molecule has 0 saturated heterocycles. The topological polar surface area (TPSA) is 102 Å². The summed E-state index contributed by atoms with van der Waals surface area (Å²) in [5, 5.41) is 22.3. The molecule has 0 aliphatic carbocycles. The van der Waals surface area contributed by atoms with Crippen LogP contribution >= 0.6 is 0 Å². The van der Waals surface area contributed by atoms with Crippen LogP contribution < -0.4 is 10.1 Å². The zero-order chi connectivity index (χ0) is 14.4. The summed E-state index contributed by atoms with van der Waals surface area (Å²) in [5.41, 5.74) is 0.182. The molecule has 0 spiro atoms. The molecule has 1 aromatic carbocycles. The van der Waals surface area contributed by atoms with Gasteiger partial charge in [0.15, 0.2) is 5.75 Å². The first kappa shape index (κ1) is 14.3. The normalized spacial score (nSPS) is 11.2. The Morgan fingerprint density at radius 1 is 1.68 bits per heavy atom. The third-order valence-electron chi connectivity index (χ3n) is 2.34. The van der Waals surface area contributed by atoms with Gasteiger partial charge in [-0.25, -0.2) is 4.79 Å². The number of nitro groups is 1. The van der Waals surface area contributed by atoms with Gasteiger partial charge in [0.2, 0.25) is 0 Å². The van der Waals surface area contributed by atoms with Crippen LogP contribution in [-0.2, 0) is 4.79 Å². The van der Waals surface area contributed by atoms with E-state index in [4.69, 9.17) is 16.3 Å². The van der Waals surface area contributed by atoms with Crippen molar-refractivity contribution in [2.45, 2.75) is 12.5 Å². The number of methoxy groups -OCH3 is 1. The summed E-state index contributed by atoms with van der Waals surface area (Å²) in [6.07, 6.45) is 5.07. The Morgan fingerprint density at radius 2 is 2.37 bits per heavy atom. The highest BCUT2D eigenvalue weighted by atomic mass is 16.6. The molecule has 0 radical (unpaired) electrons. The number of aliphatic carboxylic acids is 1. The first-order valence-corrected chi connectivity index (χ1v) is 5.24. The number of nitrogens with one attached hydrogen (secondary N) is 1. The predicted molar refractivity (Wildman–Crippen MR) is 68.1 cm³/mol. The molecular formula is C12H12N2O5. The van der Waals surface area contributed by atoms with Crippen molar-refractivity contribution in [2.24, 2.45) is 0 Å². The summed E-state index contributed by atoms with van der Waals surface area (Å²) in [6.45, 7) is 0. The van der Waals surface area contributed by atoms with E-state index in [9.17, 15) is 14.9 Å². The smallest absolute Gasteiger partial charge is 0.327 e. The lowest BCUT2D eigenvalue weighted by Crippen LogP contribution is -2.28. The van der Waals surface area contributed by atoms with Gasteiger partial charge in [-0.1, -0.05) is 0 Å². The molecule has 19 heavy (non-hydrogen) atoms. The van der Waals surface area contributed by atoms with Crippen molar-refractivity contribution < 1.29 is 19.6 Å². The van der Waals surface area contributed by atoms with E-state index in [0.717, 1.165) is 0 Å². The highest BCUT2D eigenvalue weighted by molar-refractivity contribution is 5.78. The van der Waals surface area contributed by atoms with Crippen LogP contribution in [0.5, 0.6) is 5.75 Å². The Morgan fingerprint density at radius 3 is 2.84 bits per heavy atom. The Bertz CT molecular complexity index is 535. The maximum absolute atomic E-state index is 10.9. The van der Waals surface area contributed by atoms with Crippen LogP contribution in [0.25, 0.3) is 0 Å². The second-order valence-corrected chi connectivity index (χ2v) is 3.59. The number of terminal acetylenes is 1. The molecule has 0 fully saturated rings. The minimum absolute atomic E-state index is 0.00532. The molecule has 1 rings (SSSR count). The maximum atomic E-state index is 10.9. The molecule has 0 aromatic heterocycles. The van der Waals surface area contributed by atoms with E-state index < -0.39 is 16.9 Å². The van der Waals surface area contributed by atoms with E-state index in [2.05, 4.69) is 11.2 Å². The summed E-state index contributed by atoms with van der Waals surface area (Å²) >= 11 is 0. The van der Waals surface area contributed by atoms with Gasteiger partial charge in [0, 0.05) is 24.2 Å². The predicted octanol–water partition coefficient (Wildman–Crippen LogP) is 1.49. The number of hydrogen-bond donors (Lipinski definition) is 2. The summed E-state index contributed by atoms with van der Waals surface area (Å²) in [7, 11) is 1.29. The molecule has 0 bridgehead atoms. The number of carboxylic acids is 1. The number of carboxylic acid groups (broad SMARTS) is 1. The molecular weight excluding hydrogens is 252 g/mol. The largest absolute Gasteiger partial charge is 0.490 e. The van der Waals surface area contributed by atoms with E-state index >= 15 is 0 Å². The number of rotatable bonds is 6. The summed E-state index contributed by atoms with van der Waals surface area (Å²) < 4.78 is 4.88. The average Bonchev–Trinajstić information content (AvgIpc) is 2.37. The lowest BCUT2D eigenvalue weighted by atomic mass is 10.2. The monoisotopic (exact) mass is 264 g/mol. The molecule has 7 heteroatoms. The fourth-order valence-corrected chi connectivity index (χ4v) is 1.44. The zero-order valence-corrected chi connectivity index (χ0v) is 10.1. The molecule has 0 aliphatic rings. The number of carbonyl (C=O) groups is 1. The van der Waals surface area contributed by atoms with Gasteiger partial charge in [0.05, 0.1) is 12.0 Å². The molecule has 1 aromatic rings. The first-order chi connectivity index (χ1) is 8.99. The fourth-order valence-electron chi connectivity index (χ4n) is 1.44. The molecule has 1 unspecified atom stereocenters. The van der Waals surface area contributed by atoms with Crippen LogP contribution in [0.2, 0.25) is 0 Å². The number of benzene rings is 1.